The minimum Gasteiger partial charge on any atom is -0.870 e. The Hall–Kier alpha value is -5.92. The van der Waals surface area contributed by atoms with Crippen LogP contribution in [0.1, 0.15) is 193 Å². The molecule has 0 spiro atoms. The quantitative estimate of drug-likeness (QED) is 0.0188. The predicted molar refractivity (Wildman–Crippen MR) is 396 cm³/mol. The number of imidazole rings is 2. The smallest absolute Gasteiger partial charge is 0.870 e. The first-order chi connectivity index (χ1) is 42.4. The van der Waals surface area contributed by atoms with Crippen LogP contribution in [0.4, 0.5) is 17.1 Å². The molecule has 0 aliphatic carbocycles. The van der Waals surface area contributed by atoms with Gasteiger partial charge in [0.25, 0.3) is 5.91 Å². The van der Waals surface area contributed by atoms with Crippen LogP contribution in [0.5, 0.6) is 17.2 Å². The van der Waals surface area contributed by atoms with E-state index in [2.05, 4.69) is 86.5 Å². The number of anilines is 3. The molecule has 536 valence electrons. The normalized spacial score (nSPS) is 11.3. The number of hydrogen-bond donors (Lipinski definition) is 8. The number of hydrogen-bond acceptors (Lipinski definition) is 16. The number of rotatable bonds is 21. The van der Waals surface area contributed by atoms with Gasteiger partial charge in [-0.05, 0) is 110 Å². The van der Waals surface area contributed by atoms with Gasteiger partial charge in [-0.1, -0.05) is 155 Å². The number of carboxylic acid groups (broad SMARTS) is 1. The number of nitrogen functional groups attached to an aromatic ring is 3. The monoisotopic (exact) mass is 1430 g/mol. The zero-order valence-corrected chi connectivity index (χ0v) is 62.2. The minimum absolute atomic E-state index is 0. The summed E-state index contributed by atoms with van der Waals surface area (Å²) in [5.74, 6) is 1.47. The van der Waals surface area contributed by atoms with Gasteiger partial charge in [-0.2, -0.15) is 0 Å². The molecule has 2 heterocycles. The van der Waals surface area contributed by atoms with Gasteiger partial charge in [0.2, 0.25) is 0 Å². The van der Waals surface area contributed by atoms with Gasteiger partial charge in [-0.25, -0.2) is 19.6 Å². The number of aromatic carboxylic acids is 1. The molecule has 0 aliphatic heterocycles. The molecule has 13 N–H and O–H groups in total. The van der Waals surface area contributed by atoms with Crippen LogP contribution in [0.2, 0.25) is 15.1 Å². The third-order valence-corrected chi connectivity index (χ3v) is 14.2. The summed E-state index contributed by atoms with van der Waals surface area (Å²) in [7, 11) is 4.05. The number of halogens is 3. The number of amides is 1. The van der Waals surface area contributed by atoms with Crippen LogP contribution in [-0.4, -0.2) is 107 Å². The van der Waals surface area contributed by atoms with E-state index in [0.717, 1.165) is 46.1 Å². The van der Waals surface area contributed by atoms with Crippen LogP contribution in [0.15, 0.2) is 97.3 Å². The summed E-state index contributed by atoms with van der Waals surface area (Å²) >= 11 is 18.2. The first-order valence-corrected chi connectivity index (χ1v) is 31.3. The molecule has 5 aromatic carbocycles. The van der Waals surface area contributed by atoms with Crippen molar-refractivity contribution in [2.24, 2.45) is 19.8 Å². The van der Waals surface area contributed by atoms with Gasteiger partial charge in [0.1, 0.15) is 28.9 Å². The molecule has 0 radical (unpaired) electrons. The molecule has 0 fully saturated rings. The standard InChI is InChI=1S/C28H37ClN4O3.C18H27N3O.C13H18ClNO3.C10H12ClNO3.4CH4.K.H2O/c1-17(2)36-25-15-23(30)21(14-22(25)29)26(35)31-20(11-12-34)13-18-7-9-19(10-8-18)24-16-33(6)27(32-24)28(3,4)5;1-18(2,3)17-20-16(12-21(17)4)14-7-5-13(6-8-14)11-15(19)9-10-22;1-7(2)17-12-6-11(15)9(5-10(12)14)13(16)18-8(3)4;1-5(2)15-9-4-8(12)6(10(13)14)3-7(9)11;;;;;;/h7-10,14-17,20,34H,11-13,30H2,1-6H3,(H,31,35);5-8,12,15,22H,9-11,19H2,1-4H3;5-8H,15H2,1-4H3;3-5H,12H2,1-2H3,(H,13,14);4*1H4;;1H2/q;;;;;;;;+1;/p-1/t20-;15-;;;;;;;;/m11......../s1. The fraction of sp³-hybridized carbons (Fsp3) is 0.466. The number of aromatic nitrogens is 4. The van der Waals surface area contributed by atoms with Crippen molar-refractivity contribution in [1.82, 2.24) is 24.4 Å². The Morgan fingerprint density at radius 3 is 1.22 bits per heavy atom. The van der Waals surface area contributed by atoms with Crippen LogP contribution in [0.25, 0.3) is 22.5 Å². The molecule has 0 aliphatic rings. The molecule has 2 aromatic heterocycles. The van der Waals surface area contributed by atoms with E-state index >= 15 is 0 Å². The maximum Gasteiger partial charge on any atom is 1.00 e. The first-order valence-electron chi connectivity index (χ1n) is 30.2. The second kappa shape index (κ2) is 43.6. The number of aryl methyl sites for hydroxylation is 2. The average Bonchev–Trinajstić information content (AvgIpc) is 1.78. The van der Waals surface area contributed by atoms with Gasteiger partial charge in [0.15, 0.2) is 0 Å². The van der Waals surface area contributed by atoms with Crippen LogP contribution >= 0.6 is 34.8 Å². The van der Waals surface area contributed by atoms with Gasteiger partial charge in [0, 0.05) is 109 Å². The average molecular weight is 1440 g/mol. The molecule has 24 heteroatoms. The van der Waals surface area contributed by atoms with Crippen molar-refractivity contribution in [3.05, 3.63) is 152 Å². The van der Waals surface area contributed by atoms with Gasteiger partial charge < -0.3 is 77.1 Å². The number of aliphatic hydroxyl groups is 2. The molecular formula is C73H111Cl3KN9O11. The van der Waals surface area contributed by atoms with Crippen molar-refractivity contribution < 1.29 is 106 Å². The molecular weight excluding hydrogens is 1320 g/mol. The number of benzene rings is 5. The van der Waals surface area contributed by atoms with Crippen molar-refractivity contribution in [2.75, 3.05) is 30.4 Å². The zero-order chi connectivity index (χ0) is 68.4. The maximum atomic E-state index is 13.0. The Labute approximate surface area is 635 Å². The van der Waals surface area contributed by atoms with Crippen LogP contribution < -0.4 is 93.8 Å². The van der Waals surface area contributed by atoms with Crippen molar-refractivity contribution in [1.29, 1.82) is 0 Å². The number of nitrogens with one attached hydrogen (secondary N) is 1. The third-order valence-electron chi connectivity index (χ3n) is 13.3. The summed E-state index contributed by atoms with van der Waals surface area (Å²) in [5, 5.41) is 31.2. The summed E-state index contributed by atoms with van der Waals surface area (Å²) in [6.45, 7) is 27.8. The van der Waals surface area contributed by atoms with E-state index in [1.807, 2.05) is 86.1 Å². The Balaban J connectivity index is -0.00000126. The number of carboxylic acids is 1. The fourth-order valence-electron chi connectivity index (χ4n) is 9.30. The van der Waals surface area contributed by atoms with Crippen LogP contribution in [0, 0.1) is 0 Å². The van der Waals surface area contributed by atoms with Gasteiger partial charge in [-0.15, -0.1) is 0 Å². The summed E-state index contributed by atoms with van der Waals surface area (Å²) in [5.41, 5.74) is 30.9. The second-order valence-corrected chi connectivity index (χ2v) is 26.5. The van der Waals surface area contributed by atoms with E-state index in [4.69, 9.17) is 96.9 Å². The fourth-order valence-corrected chi connectivity index (χ4v) is 9.93. The van der Waals surface area contributed by atoms with E-state index in [-0.39, 0.29) is 186 Å². The van der Waals surface area contributed by atoms with Crippen molar-refractivity contribution in [3.63, 3.8) is 0 Å². The molecule has 7 aromatic rings. The van der Waals surface area contributed by atoms with Crippen molar-refractivity contribution >= 4 is 69.7 Å². The third kappa shape index (κ3) is 30.2. The minimum atomic E-state index is -1.11. The SMILES string of the molecule is C.C.C.C.CC(C)OC(=O)c1cc(Cl)c(OC(C)C)cc1N.CC(C)Oc1cc(N)c(C(=O)N[C@H](CCO)Cc2ccc(-c3cn(C)c(C(C)(C)C)n3)cc2)cc1Cl.CC(C)Oc1cc(N)c(C(=O)O)cc1Cl.Cn1cc(-c2ccc(C[C@H](N)CCO)cc2)nc1C(C)(C)C.[K+].[OH-]. The largest absolute Gasteiger partial charge is 1.00 e. The molecule has 0 unspecified atom stereocenters. The summed E-state index contributed by atoms with van der Waals surface area (Å²) in [6, 6.07) is 25.1. The van der Waals surface area contributed by atoms with E-state index < -0.39 is 11.9 Å². The molecule has 0 saturated heterocycles. The number of nitrogens with two attached hydrogens (primary N) is 4. The van der Waals surface area contributed by atoms with E-state index in [0.29, 0.717) is 52.2 Å². The summed E-state index contributed by atoms with van der Waals surface area (Å²) < 4.78 is 25.7. The zero-order valence-electron chi connectivity index (χ0n) is 56.8. The molecule has 97 heavy (non-hydrogen) atoms. The number of nitrogens with zero attached hydrogens (tertiary/aromatic N) is 4. The summed E-state index contributed by atoms with van der Waals surface area (Å²) in [6.07, 6.45) is 6.17. The van der Waals surface area contributed by atoms with Crippen LogP contribution in [0.3, 0.4) is 0 Å². The van der Waals surface area contributed by atoms with Gasteiger partial charge >= 0.3 is 63.3 Å². The molecule has 0 bridgehead atoms. The second-order valence-electron chi connectivity index (χ2n) is 25.2. The molecule has 0 saturated carbocycles. The number of aliphatic hydroxyl groups excluding tert-OH is 2. The predicted octanol–water partition coefficient (Wildman–Crippen LogP) is 12.8. The van der Waals surface area contributed by atoms with Crippen molar-refractivity contribution in [3.8, 4) is 39.8 Å². The van der Waals surface area contributed by atoms with E-state index in [1.54, 1.807) is 26.0 Å². The molecule has 2 atom stereocenters. The Bertz CT molecular complexity index is 3530. The van der Waals surface area contributed by atoms with Gasteiger partial charge in [-0.3, -0.25) is 4.79 Å². The maximum absolute atomic E-state index is 13.0. The number of esters is 1. The van der Waals surface area contributed by atoms with Crippen molar-refractivity contribution in [2.45, 2.75) is 200 Å². The molecule has 7 rings (SSSR count). The number of carbonyl (C=O) groups excluding carboxylic acids is 2. The topological polar surface area (TPSA) is 331 Å². The Morgan fingerprint density at radius 2 is 0.887 bits per heavy atom. The van der Waals surface area contributed by atoms with E-state index in [1.165, 1.54) is 29.8 Å². The summed E-state index contributed by atoms with van der Waals surface area (Å²) in [4.78, 5) is 45.1. The van der Waals surface area contributed by atoms with Crippen LogP contribution in [-0.2, 0) is 42.5 Å². The molecule has 1 amide bonds. The molecule has 20 nitrogen and oxygen atoms in total. The Morgan fingerprint density at radius 1 is 0.546 bits per heavy atom. The Kier molecular flexibility index (Phi) is 42.8. The van der Waals surface area contributed by atoms with E-state index in [9.17, 15) is 19.5 Å². The van der Waals surface area contributed by atoms with Gasteiger partial charge in [0.05, 0.1) is 67.6 Å². The number of ether oxygens (including phenoxy) is 4. The first kappa shape index (κ1) is 95.3. The number of carbonyl (C=O) groups is 3.